The standard InChI is InChI=1S/C10H9ClFNO3/c11-6-3-8(4-6)16-10-2-1-7(12)5-9(10)13(14)15/h1-2,5-6,8H,3-4H2. The van der Waals surface area contributed by atoms with Gasteiger partial charge in [-0.15, -0.1) is 11.6 Å². The van der Waals surface area contributed by atoms with Crippen LogP contribution in [0, 0.1) is 15.9 Å². The minimum Gasteiger partial charge on any atom is -0.483 e. The zero-order chi connectivity index (χ0) is 11.7. The molecule has 16 heavy (non-hydrogen) atoms. The van der Waals surface area contributed by atoms with Crippen molar-refractivity contribution in [2.24, 2.45) is 0 Å². The molecule has 1 aromatic carbocycles. The summed E-state index contributed by atoms with van der Waals surface area (Å²) in [5, 5.41) is 10.7. The number of nitro benzene ring substituents is 1. The topological polar surface area (TPSA) is 52.4 Å². The van der Waals surface area contributed by atoms with E-state index in [1.807, 2.05) is 0 Å². The summed E-state index contributed by atoms with van der Waals surface area (Å²) >= 11 is 5.76. The Kier molecular flexibility index (Phi) is 2.96. The van der Waals surface area contributed by atoms with Crippen LogP contribution in [0.15, 0.2) is 18.2 Å². The van der Waals surface area contributed by atoms with Gasteiger partial charge in [-0.3, -0.25) is 10.1 Å². The van der Waals surface area contributed by atoms with Gasteiger partial charge in [-0.2, -0.15) is 0 Å². The normalized spacial score (nSPS) is 23.6. The highest BCUT2D eigenvalue weighted by Crippen LogP contribution is 2.34. The highest BCUT2D eigenvalue weighted by atomic mass is 35.5. The molecule has 1 saturated carbocycles. The quantitative estimate of drug-likeness (QED) is 0.467. The number of hydrogen-bond donors (Lipinski definition) is 0. The number of hydrogen-bond acceptors (Lipinski definition) is 3. The van der Waals surface area contributed by atoms with Gasteiger partial charge in [0.05, 0.1) is 11.0 Å². The minimum absolute atomic E-state index is 0.0736. The molecule has 0 saturated heterocycles. The molecule has 0 atom stereocenters. The molecule has 1 aliphatic carbocycles. The van der Waals surface area contributed by atoms with Crippen molar-refractivity contribution in [2.75, 3.05) is 0 Å². The van der Waals surface area contributed by atoms with Crippen LogP contribution in [0.4, 0.5) is 10.1 Å². The first kappa shape index (κ1) is 11.1. The summed E-state index contributed by atoms with van der Waals surface area (Å²) in [7, 11) is 0. The minimum atomic E-state index is -0.657. The zero-order valence-corrected chi connectivity index (χ0v) is 8.98. The van der Waals surface area contributed by atoms with E-state index in [1.54, 1.807) is 0 Å². The van der Waals surface area contributed by atoms with Gasteiger partial charge in [-0.1, -0.05) is 0 Å². The number of benzene rings is 1. The lowest BCUT2D eigenvalue weighted by Gasteiger charge is -2.30. The monoisotopic (exact) mass is 245 g/mol. The Morgan fingerprint density at radius 1 is 1.50 bits per heavy atom. The van der Waals surface area contributed by atoms with Crippen LogP contribution in [-0.2, 0) is 0 Å². The van der Waals surface area contributed by atoms with Gasteiger partial charge >= 0.3 is 5.69 Å². The lowest BCUT2D eigenvalue weighted by Crippen LogP contribution is -2.34. The average Bonchev–Trinajstić information content (AvgIpc) is 2.17. The van der Waals surface area contributed by atoms with Gasteiger partial charge < -0.3 is 4.74 Å². The van der Waals surface area contributed by atoms with Gasteiger partial charge in [0.1, 0.15) is 11.9 Å². The molecule has 2 rings (SSSR count). The number of ether oxygens (including phenoxy) is 1. The molecule has 1 aromatic rings. The second kappa shape index (κ2) is 4.25. The fraction of sp³-hybridized carbons (Fsp3) is 0.400. The van der Waals surface area contributed by atoms with Crippen molar-refractivity contribution in [3.8, 4) is 5.75 Å². The maximum atomic E-state index is 12.8. The van der Waals surface area contributed by atoms with Crippen LogP contribution in [0.2, 0.25) is 0 Å². The molecule has 0 spiro atoms. The van der Waals surface area contributed by atoms with E-state index in [4.69, 9.17) is 16.3 Å². The van der Waals surface area contributed by atoms with E-state index < -0.39 is 10.7 Å². The number of halogens is 2. The lowest BCUT2D eigenvalue weighted by molar-refractivity contribution is -0.386. The molecule has 86 valence electrons. The van der Waals surface area contributed by atoms with Crippen molar-refractivity contribution in [2.45, 2.75) is 24.3 Å². The van der Waals surface area contributed by atoms with Crippen LogP contribution in [0.25, 0.3) is 0 Å². The number of nitro groups is 1. The Bertz CT molecular complexity index is 421. The summed E-state index contributed by atoms with van der Waals surface area (Å²) in [6, 6.07) is 3.26. The molecule has 0 amide bonds. The van der Waals surface area contributed by atoms with Crippen LogP contribution in [0.1, 0.15) is 12.8 Å². The van der Waals surface area contributed by atoms with Gasteiger partial charge in [-0.05, 0) is 12.1 Å². The second-order valence-electron chi connectivity index (χ2n) is 3.68. The molecule has 0 bridgehead atoms. The lowest BCUT2D eigenvalue weighted by atomic mass is 9.95. The second-order valence-corrected chi connectivity index (χ2v) is 4.29. The van der Waals surface area contributed by atoms with E-state index in [-0.39, 0.29) is 22.9 Å². The first-order chi connectivity index (χ1) is 7.56. The van der Waals surface area contributed by atoms with E-state index in [9.17, 15) is 14.5 Å². The van der Waals surface area contributed by atoms with Crippen LogP contribution in [0.5, 0.6) is 5.75 Å². The fourth-order valence-corrected chi connectivity index (χ4v) is 1.91. The summed E-state index contributed by atoms with van der Waals surface area (Å²) in [6.07, 6.45) is 1.22. The third-order valence-electron chi connectivity index (χ3n) is 2.45. The van der Waals surface area contributed by atoms with E-state index in [1.165, 1.54) is 6.07 Å². The fourth-order valence-electron chi connectivity index (χ4n) is 1.51. The Morgan fingerprint density at radius 2 is 2.19 bits per heavy atom. The zero-order valence-electron chi connectivity index (χ0n) is 8.23. The molecule has 1 aliphatic rings. The highest BCUT2D eigenvalue weighted by Gasteiger charge is 2.31. The van der Waals surface area contributed by atoms with Crippen molar-refractivity contribution < 1.29 is 14.1 Å². The SMILES string of the molecule is O=[N+]([O-])c1cc(F)ccc1OC1CC(Cl)C1. The highest BCUT2D eigenvalue weighted by molar-refractivity contribution is 6.21. The van der Waals surface area contributed by atoms with E-state index in [0.717, 1.165) is 12.1 Å². The number of rotatable bonds is 3. The molecule has 0 heterocycles. The van der Waals surface area contributed by atoms with Crippen LogP contribution < -0.4 is 4.74 Å². The smallest absolute Gasteiger partial charge is 0.313 e. The molecule has 4 nitrogen and oxygen atoms in total. The van der Waals surface area contributed by atoms with Gasteiger partial charge in [-0.25, -0.2) is 4.39 Å². The van der Waals surface area contributed by atoms with Crippen molar-refractivity contribution in [3.05, 3.63) is 34.1 Å². The largest absolute Gasteiger partial charge is 0.483 e. The maximum Gasteiger partial charge on any atom is 0.313 e. The van der Waals surface area contributed by atoms with Crippen molar-refractivity contribution >= 4 is 17.3 Å². The first-order valence-electron chi connectivity index (χ1n) is 4.81. The molecule has 6 heteroatoms. The first-order valence-corrected chi connectivity index (χ1v) is 5.24. The third-order valence-corrected chi connectivity index (χ3v) is 2.80. The van der Waals surface area contributed by atoms with Crippen molar-refractivity contribution in [1.29, 1.82) is 0 Å². The number of alkyl halides is 1. The molecule has 0 aliphatic heterocycles. The van der Waals surface area contributed by atoms with Crippen LogP contribution in [0.3, 0.4) is 0 Å². The molecule has 1 fully saturated rings. The summed E-state index contributed by atoms with van der Waals surface area (Å²) in [4.78, 5) is 10.0. The predicted octanol–water partition coefficient (Wildman–Crippen LogP) is 2.88. The Morgan fingerprint density at radius 3 is 2.75 bits per heavy atom. The van der Waals surface area contributed by atoms with Gasteiger partial charge in [0.25, 0.3) is 0 Å². The van der Waals surface area contributed by atoms with E-state index >= 15 is 0 Å². The molecular weight excluding hydrogens is 237 g/mol. The Hall–Kier alpha value is -1.36. The molecule has 0 N–H and O–H groups in total. The summed E-state index contributed by atoms with van der Waals surface area (Å²) in [5.41, 5.74) is -0.349. The van der Waals surface area contributed by atoms with Crippen LogP contribution in [-0.4, -0.2) is 16.4 Å². The van der Waals surface area contributed by atoms with Gasteiger partial charge in [0, 0.05) is 18.2 Å². The van der Waals surface area contributed by atoms with Crippen LogP contribution >= 0.6 is 11.6 Å². The Labute approximate surface area is 96.1 Å². The van der Waals surface area contributed by atoms with Crippen molar-refractivity contribution in [1.82, 2.24) is 0 Å². The van der Waals surface area contributed by atoms with Gasteiger partial charge in [0.2, 0.25) is 0 Å². The summed E-state index contributed by atoms with van der Waals surface area (Å²) < 4.78 is 18.2. The third kappa shape index (κ3) is 2.24. The summed E-state index contributed by atoms with van der Waals surface area (Å²) in [5.74, 6) is -0.553. The van der Waals surface area contributed by atoms with Gasteiger partial charge in [0.15, 0.2) is 5.75 Å². The van der Waals surface area contributed by atoms with E-state index in [2.05, 4.69) is 0 Å². The molecular formula is C10H9ClFNO3. The summed E-state index contributed by atoms with van der Waals surface area (Å²) in [6.45, 7) is 0. The molecule has 0 unspecified atom stereocenters. The number of nitrogens with zero attached hydrogens (tertiary/aromatic N) is 1. The van der Waals surface area contributed by atoms with Crippen molar-refractivity contribution in [3.63, 3.8) is 0 Å². The average molecular weight is 246 g/mol. The predicted molar refractivity (Wildman–Crippen MR) is 56.3 cm³/mol. The molecule has 0 radical (unpaired) electrons. The molecule has 0 aromatic heterocycles. The Balaban J connectivity index is 2.16. The maximum absolute atomic E-state index is 12.8. The van der Waals surface area contributed by atoms with E-state index in [0.29, 0.717) is 12.8 Å².